The second kappa shape index (κ2) is 11.1. The van der Waals surface area contributed by atoms with Crippen LogP contribution in [-0.4, -0.2) is 44.5 Å². The van der Waals surface area contributed by atoms with E-state index in [1.54, 1.807) is 6.07 Å². The van der Waals surface area contributed by atoms with Crippen molar-refractivity contribution in [3.05, 3.63) is 76.9 Å². The van der Waals surface area contributed by atoms with E-state index in [1.165, 1.54) is 35.9 Å². The van der Waals surface area contributed by atoms with E-state index in [0.717, 1.165) is 12.1 Å². The third kappa shape index (κ3) is 6.81. The van der Waals surface area contributed by atoms with Crippen LogP contribution in [0.15, 0.2) is 53.6 Å². The number of hydrogen-bond acceptors (Lipinski definition) is 8. The minimum absolute atomic E-state index is 0.0374. The average Bonchev–Trinajstić information content (AvgIpc) is 3.31. The van der Waals surface area contributed by atoms with Crippen LogP contribution in [0.25, 0.3) is 21.8 Å². The van der Waals surface area contributed by atoms with Crippen molar-refractivity contribution >= 4 is 37.6 Å². The summed E-state index contributed by atoms with van der Waals surface area (Å²) in [7, 11) is -7.43. The number of nitrogens with zero attached hydrogens (tertiary/aromatic N) is 3. The lowest BCUT2D eigenvalue weighted by atomic mass is 9.98. The highest BCUT2D eigenvalue weighted by molar-refractivity contribution is 8.23. The van der Waals surface area contributed by atoms with E-state index in [9.17, 15) is 26.3 Å². The summed E-state index contributed by atoms with van der Waals surface area (Å²) in [6.07, 6.45) is 3.05. The minimum atomic E-state index is -4.67. The molecule has 0 radical (unpaired) electrons. The topological polar surface area (TPSA) is 125 Å². The van der Waals surface area contributed by atoms with Crippen molar-refractivity contribution in [3.63, 3.8) is 0 Å². The van der Waals surface area contributed by atoms with E-state index >= 15 is 4.39 Å². The maximum Gasteiger partial charge on any atom is 0.265 e. The van der Waals surface area contributed by atoms with Gasteiger partial charge in [-0.15, -0.1) is 11.3 Å². The zero-order valence-corrected chi connectivity index (χ0v) is 24.4. The third-order valence-corrected chi connectivity index (χ3v) is 9.46. The van der Waals surface area contributed by atoms with Gasteiger partial charge in [0, 0.05) is 35.6 Å². The number of nitrogens with one attached hydrogen (secondary N) is 1. The molecule has 0 aliphatic carbocycles. The van der Waals surface area contributed by atoms with Crippen molar-refractivity contribution in [1.29, 1.82) is 0 Å². The van der Waals surface area contributed by atoms with Crippen molar-refractivity contribution in [2.24, 2.45) is 0 Å². The number of halogens is 3. The van der Waals surface area contributed by atoms with Crippen LogP contribution in [0.5, 0.6) is 0 Å². The Balaban J connectivity index is 1.80. The van der Waals surface area contributed by atoms with Crippen LogP contribution in [0.3, 0.4) is 0 Å². The molecular formula is C26H27F3N4O4S3. The number of aromatic nitrogens is 3. The van der Waals surface area contributed by atoms with E-state index in [4.69, 9.17) is 0 Å². The zero-order valence-electron chi connectivity index (χ0n) is 21.9. The lowest BCUT2D eigenvalue weighted by Gasteiger charge is -2.25. The van der Waals surface area contributed by atoms with Crippen LogP contribution in [0, 0.1) is 17.5 Å². The molecule has 3 N–H and O–H groups in total. The first-order valence-corrected chi connectivity index (χ1v) is 16.3. The predicted octanol–water partition coefficient (Wildman–Crippen LogP) is 6.71. The summed E-state index contributed by atoms with van der Waals surface area (Å²) >= 11 is 1.28. The molecule has 2 aromatic heterocycles. The highest BCUT2D eigenvalue weighted by atomic mass is 32.3. The number of sulfonamides is 1. The van der Waals surface area contributed by atoms with Gasteiger partial charge >= 0.3 is 0 Å². The second-order valence-corrected chi connectivity index (χ2v) is 15.1. The first-order chi connectivity index (χ1) is 18.5. The third-order valence-electron chi connectivity index (χ3n) is 5.60. The Bertz CT molecular complexity index is 1670. The number of rotatable bonds is 8. The fourth-order valence-electron chi connectivity index (χ4n) is 3.60. The highest BCUT2D eigenvalue weighted by Crippen LogP contribution is 2.42. The van der Waals surface area contributed by atoms with Gasteiger partial charge in [-0.2, -0.15) is 10.6 Å². The van der Waals surface area contributed by atoms with E-state index in [-0.39, 0.29) is 23.4 Å². The molecule has 0 unspecified atom stereocenters. The van der Waals surface area contributed by atoms with Gasteiger partial charge in [-0.05, 0) is 36.4 Å². The summed E-state index contributed by atoms with van der Waals surface area (Å²) in [5, 5.41) is 0.660. The lowest BCUT2D eigenvalue weighted by Crippen LogP contribution is -2.16. The molecule has 0 saturated carbocycles. The van der Waals surface area contributed by atoms with Crippen molar-refractivity contribution in [2.75, 3.05) is 16.7 Å². The number of aryl methyl sites for hydroxylation is 1. The minimum Gasteiger partial charge on any atom is -0.300 e. The largest absolute Gasteiger partial charge is 0.300 e. The van der Waals surface area contributed by atoms with E-state index in [1.807, 2.05) is 25.5 Å². The maximum absolute atomic E-state index is 15.9. The van der Waals surface area contributed by atoms with Crippen molar-refractivity contribution in [2.45, 2.75) is 37.5 Å². The molecule has 14 heteroatoms. The standard InChI is InChI=1S/C26H27F3N4O4S3/c1-26(2,3)25-32-23(24(38-25)19-10-12-30-21(31-19)11-13-39(4,34)35)16-6-5-7-18(22(16)29)33-40(36,37)20-14-15(27)8-9-17(20)28/h5-10,12,14,33-35H,11,13H2,1-4H3. The molecular weight excluding hydrogens is 586 g/mol. The SMILES string of the molecule is CC(C)(C)c1nc(-c2cccc(NS(=O)(=O)c3cc(F)ccc3F)c2F)c(-c2ccnc(CCS(C)(O)O)n2)s1. The summed E-state index contributed by atoms with van der Waals surface area (Å²) in [6.45, 7) is 5.81. The molecule has 40 heavy (non-hydrogen) atoms. The van der Waals surface area contributed by atoms with Gasteiger partial charge in [0.2, 0.25) is 0 Å². The smallest absolute Gasteiger partial charge is 0.265 e. The number of thiazole rings is 1. The van der Waals surface area contributed by atoms with Gasteiger partial charge in [0.1, 0.15) is 22.4 Å². The monoisotopic (exact) mass is 612 g/mol. The van der Waals surface area contributed by atoms with Gasteiger partial charge in [0.05, 0.1) is 27.0 Å². The van der Waals surface area contributed by atoms with Crippen molar-refractivity contribution < 1.29 is 30.7 Å². The van der Waals surface area contributed by atoms with E-state index in [0.29, 0.717) is 33.5 Å². The van der Waals surface area contributed by atoms with Gasteiger partial charge < -0.3 is 0 Å². The lowest BCUT2D eigenvalue weighted by molar-refractivity contribution is 0.494. The predicted molar refractivity (Wildman–Crippen MR) is 152 cm³/mol. The van der Waals surface area contributed by atoms with E-state index < -0.39 is 54.1 Å². The maximum atomic E-state index is 15.9. The average molecular weight is 613 g/mol. The second-order valence-electron chi connectivity index (χ2n) is 10.1. The van der Waals surface area contributed by atoms with Gasteiger partial charge in [-0.1, -0.05) is 26.8 Å². The van der Waals surface area contributed by atoms with Crippen LogP contribution >= 0.6 is 21.9 Å². The highest BCUT2D eigenvalue weighted by Gasteiger charge is 2.27. The summed E-state index contributed by atoms with van der Waals surface area (Å²) < 4.78 is 90.9. The molecule has 0 amide bonds. The quantitative estimate of drug-likeness (QED) is 0.202. The number of benzene rings is 2. The first-order valence-electron chi connectivity index (χ1n) is 11.9. The van der Waals surface area contributed by atoms with Crippen LogP contribution in [-0.2, 0) is 21.9 Å². The normalized spacial score (nSPS) is 12.9. The van der Waals surface area contributed by atoms with E-state index in [2.05, 4.69) is 15.0 Å². The molecule has 4 rings (SSSR count). The van der Waals surface area contributed by atoms with Crippen LogP contribution in [0.4, 0.5) is 18.9 Å². The Morgan fingerprint density at radius 2 is 1.75 bits per heavy atom. The molecule has 8 nitrogen and oxygen atoms in total. The summed E-state index contributed by atoms with van der Waals surface area (Å²) in [5.74, 6) is -2.70. The zero-order chi connectivity index (χ0) is 29.5. The number of hydrogen-bond donors (Lipinski definition) is 3. The van der Waals surface area contributed by atoms with Crippen LogP contribution in [0.1, 0.15) is 31.6 Å². The Morgan fingerprint density at radius 1 is 1.02 bits per heavy atom. The molecule has 2 aromatic carbocycles. The van der Waals surface area contributed by atoms with Gasteiger partial charge in [0.25, 0.3) is 10.0 Å². The molecule has 0 aliphatic rings. The molecule has 0 fully saturated rings. The van der Waals surface area contributed by atoms with Gasteiger partial charge in [0.15, 0.2) is 5.82 Å². The summed E-state index contributed by atoms with van der Waals surface area (Å²) in [5.41, 5.74) is -0.307. The van der Waals surface area contributed by atoms with Gasteiger partial charge in [-0.3, -0.25) is 13.8 Å². The Morgan fingerprint density at radius 3 is 2.42 bits per heavy atom. The molecule has 0 spiro atoms. The molecule has 214 valence electrons. The molecule has 2 heterocycles. The first kappa shape index (κ1) is 29.9. The summed E-state index contributed by atoms with van der Waals surface area (Å²) in [6, 6.07) is 7.58. The van der Waals surface area contributed by atoms with Gasteiger partial charge in [-0.25, -0.2) is 36.5 Å². The molecule has 0 atom stereocenters. The molecule has 0 saturated heterocycles. The Labute approximate surface area is 235 Å². The fraction of sp³-hybridized carbons (Fsp3) is 0.269. The van der Waals surface area contributed by atoms with Crippen molar-refractivity contribution in [3.8, 4) is 21.8 Å². The van der Waals surface area contributed by atoms with Crippen LogP contribution in [0.2, 0.25) is 0 Å². The summed E-state index contributed by atoms with van der Waals surface area (Å²) in [4.78, 5) is 12.9. The number of anilines is 1. The van der Waals surface area contributed by atoms with Crippen LogP contribution < -0.4 is 4.72 Å². The van der Waals surface area contributed by atoms with Crippen molar-refractivity contribution in [1.82, 2.24) is 15.0 Å². The Hall–Kier alpha value is -3.04. The Kier molecular flexibility index (Phi) is 8.30. The molecule has 0 bridgehead atoms. The molecule has 4 aromatic rings. The molecule has 0 aliphatic heterocycles. The fourth-order valence-corrected chi connectivity index (χ4v) is 6.43.